The highest BCUT2D eigenvalue weighted by atomic mass is 32.2. The van der Waals surface area contributed by atoms with Gasteiger partial charge in [0.05, 0.1) is 12.4 Å². The van der Waals surface area contributed by atoms with E-state index >= 15 is 0 Å². The molecule has 2 aromatic rings. The lowest BCUT2D eigenvalue weighted by Gasteiger charge is -2.26. The van der Waals surface area contributed by atoms with Gasteiger partial charge in [0.15, 0.2) is 11.0 Å². The van der Waals surface area contributed by atoms with Crippen LogP contribution in [0.1, 0.15) is 57.4 Å². The minimum atomic E-state index is -0.0854. The van der Waals surface area contributed by atoms with Gasteiger partial charge in [0.25, 0.3) is 0 Å². The zero-order valence-corrected chi connectivity index (χ0v) is 17.2. The van der Waals surface area contributed by atoms with Crippen LogP contribution in [0.4, 0.5) is 0 Å². The average Bonchev–Trinajstić information content (AvgIpc) is 3.05. The van der Waals surface area contributed by atoms with Crippen molar-refractivity contribution in [3.63, 3.8) is 0 Å². The number of carbonyl (C=O) groups is 1. The summed E-state index contributed by atoms with van der Waals surface area (Å²) >= 11 is 1.58. The fraction of sp³-hybridized carbons (Fsp3) is 0.571. The number of methoxy groups -OCH3 is 1. The van der Waals surface area contributed by atoms with Crippen LogP contribution in [0.3, 0.4) is 0 Å². The van der Waals surface area contributed by atoms with E-state index in [1.54, 1.807) is 18.9 Å². The largest absolute Gasteiger partial charge is 0.497 e. The summed E-state index contributed by atoms with van der Waals surface area (Å²) in [5.74, 6) is 1.86. The summed E-state index contributed by atoms with van der Waals surface area (Å²) in [7, 11) is 1.67. The quantitative estimate of drug-likeness (QED) is 0.814. The molecule has 0 spiro atoms. The number of ether oxygens (including phenoxy) is 1. The lowest BCUT2D eigenvalue weighted by Crippen LogP contribution is -2.31. The smallest absolute Gasteiger partial charge is 0.233 e. The highest BCUT2D eigenvalue weighted by Crippen LogP contribution is 2.37. The second-order valence-corrected chi connectivity index (χ2v) is 8.76. The molecule has 1 aliphatic heterocycles. The minimum absolute atomic E-state index is 0.0854. The summed E-state index contributed by atoms with van der Waals surface area (Å²) in [6.45, 7) is 0.780. The van der Waals surface area contributed by atoms with E-state index in [0.717, 1.165) is 60.9 Å². The molecule has 0 radical (unpaired) electrons. The van der Waals surface area contributed by atoms with Crippen LogP contribution in [0, 0.1) is 0 Å². The first-order valence-electron chi connectivity index (χ1n) is 10.3. The third-order valence-electron chi connectivity index (χ3n) is 5.69. The molecular weight excluding hydrogens is 372 g/mol. The molecule has 1 amide bonds. The van der Waals surface area contributed by atoms with E-state index in [-0.39, 0.29) is 11.2 Å². The molecule has 1 aliphatic carbocycles. The Morgan fingerprint density at radius 3 is 2.54 bits per heavy atom. The topological polar surface area (TPSA) is 69.0 Å². The first-order valence-corrected chi connectivity index (χ1v) is 11.2. The first-order chi connectivity index (χ1) is 13.8. The van der Waals surface area contributed by atoms with Crippen molar-refractivity contribution in [3.8, 4) is 17.1 Å². The lowest BCUT2D eigenvalue weighted by molar-refractivity contribution is -0.120. The SMILES string of the molecule is COc1ccc(-c2nnc(S[C@@H]3CCCCNC3=O)n2C2CCCCC2)cc1. The van der Waals surface area contributed by atoms with Crippen LogP contribution in [0.15, 0.2) is 29.4 Å². The molecule has 1 saturated heterocycles. The molecule has 1 aromatic heterocycles. The van der Waals surface area contributed by atoms with Crippen molar-refractivity contribution in [2.24, 2.45) is 0 Å². The number of hydrogen-bond donors (Lipinski definition) is 1. The lowest BCUT2D eigenvalue weighted by atomic mass is 9.95. The summed E-state index contributed by atoms with van der Waals surface area (Å²) in [5.41, 5.74) is 1.04. The molecule has 0 bridgehead atoms. The fourth-order valence-corrected chi connectivity index (χ4v) is 5.28. The highest BCUT2D eigenvalue weighted by Gasteiger charge is 2.28. The molecule has 2 fully saturated rings. The van der Waals surface area contributed by atoms with E-state index in [0.29, 0.717) is 6.04 Å². The van der Waals surface area contributed by atoms with Crippen LogP contribution in [-0.4, -0.2) is 39.6 Å². The van der Waals surface area contributed by atoms with E-state index < -0.39 is 0 Å². The number of benzene rings is 1. The Labute approximate surface area is 170 Å². The molecule has 28 heavy (non-hydrogen) atoms. The van der Waals surface area contributed by atoms with Gasteiger partial charge in [-0.2, -0.15) is 0 Å². The predicted molar refractivity (Wildman–Crippen MR) is 111 cm³/mol. The summed E-state index contributed by atoms with van der Waals surface area (Å²) in [6.07, 6.45) is 9.07. The number of amides is 1. The van der Waals surface area contributed by atoms with Gasteiger partial charge in [0, 0.05) is 18.2 Å². The van der Waals surface area contributed by atoms with Crippen molar-refractivity contribution in [1.29, 1.82) is 0 Å². The molecule has 2 aliphatic rings. The van der Waals surface area contributed by atoms with E-state index in [4.69, 9.17) is 4.74 Å². The molecule has 6 nitrogen and oxygen atoms in total. The Morgan fingerprint density at radius 1 is 1.04 bits per heavy atom. The van der Waals surface area contributed by atoms with Gasteiger partial charge in [-0.25, -0.2) is 0 Å². The van der Waals surface area contributed by atoms with Crippen LogP contribution in [0.25, 0.3) is 11.4 Å². The zero-order chi connectivity index (χ0) is 19.3. The number of nitrogens with zero attached hydrogens (tertiary/aromatic N) is 3. The van der Waals surface area contributed by atoms with Gasteiger partial charge in [-0.3, -0.25) is 9.36 Å². The molecule has 1 atom stereocenters. The van der Waals surface area contributed by atoms with Crippen LogP contribution in [-0.2, 0) is 4.79 Å². The highest BCUT2D eigenvalue weighted by molar-refractivity contribution is 8.00. The van der Waals surface area contributed by atoms with E-state index in [1.165, 1.54) is 19.3 Å². The van der Waals surface area contributed by atoms with Crippen molar-refractivity contribution in [3.05, 3.63) is 24.3 Å². The Kier molecular flexibility index (Phi) is 6.20. The number of hydrogen-bond acceptors (Lipinski definition) is 5. The third kappa shape index (κ3) is 4.19. The minimum Gasteiger partial charge on any atom is -0.497 e. The van der Waals surface area contributed by atoms with Crippen molar-refractivity contribution < 1.29 is 9.53 Å². The summed E-state index contributed by atoms with van der Waals surface area (Å²) in [6, 6.07) is 8.39. The predicted octanol–water partition coefficient (Wildman–Crippen LogP) is 4.22. The summed E-state index contributed by atoms with van der Waals surface area (Å²) in [5, 5.41) is 12.9. The third-order valence-corrected chi connectivity index (χ3v) is 6.91. The standard InChI is InChI=1S/C21H28N4O2S/c1-27-17-12-10-15(11-13-17)19-23-24-21(25(19)16-7-3-2-4-8-16)28-18-9-5-6-14-22-20(18)26/h10-13,16,18H,2-9,14H2,1H3,(H,22,26)/t18-/m1/s1. The van der Waals surface area contributed by atoms with E-state index in [1.807, 2.05) is 24.3 Å². The van der Waals surface area contributed by atoms with Gasteiger partial charge in [0.2, 0.25) is 5.91 Å². The Morgan fingerprint density at radius 2 is 1.79 bits per heavy atom. The van der Waals surface area contributed by atoms with Crippen molar-refractivity contribution >= 4 is 17.7 Å². The maximum atomic E-state index is 12.5. The number of thioether (sulfide) groups is 1. The van der Waals surface area contributed by atoms with Gasteiger partial charge < -0.3 is 10.1 Å². The van der Waals surface area contributed by atoms with Gasteiger partial charge in [-0.15, -0.1) is 10.2 Å². The van der Waals surface area contributed by atoms with Gasteiger partial charge in [-0.05, 0) is 49.9 Å². The van der Waals surface area contributed by atoms with E-state index in [9.17, 15) is 4.79 Å². The van der Waals surface area contributed by atoms with E-state index in [2.05, 4.69) is 20.1 Å². The second kappa shape index (κ2) is 8.99. The first kappa shape index (κ1) is 19.3. The zero-order valence-electron chi connectivity index (χ0n) is 16.4. The van der Waals surface area contributed by atoms with Crippen molar-refractivity contribution in [2.45, 2.75) is 67.8 Å². The molecule has 0 unspecified atom stereocenters. The fourth-order valence-electron chi connectivity index (χ4n) is 4.11. The number of carbonyl (C=O) groups excluding carboxylic acids is 1. The second-order valence-electron chi connectivity index (χ2n) is 7.59. The summed E-state index contributed by atoms with van der Waals surface area (Å²) in [4.78, 5) is 12.5. The monoisotopic (exact) mass is 400 g/mol. The molecule has 1 N–H and O–H groups in total. The molecular formula is C21H28N4O2S. The van der Waals surface area contributed by atoms with Gasteiger partial charge in [0.1, 0.15) is 5.75 Å². The normalized spacial score (nSPS) is 21.2. The molecule has 2 heterocycles. The van der Waals surface area contributed by atoms with Crippen molar-refractivity contribution in [1.82, 2.24) is 20.1 Å². The molecule has 7 heteroatoms. The van der Waals surface area contributed by atoms with Crippen LogP contribution < -0.4 is 10.1 Å². The Bertz CT molecular complexity index is 799. The number of aromatic nitrogens is 3. The van der Waals surface area contributed by atoms with Crippen molar-refractivity contribution in [2.75, 3.05) is 13.7 Å². The van der Waals surface area contributed by atoms with Crippen LogP contribution in [0.5, 0.6) is 5.75 Å². The Hall–Kier alpha value is -2.02. The molecule has 4 rings (SSSR count). The Balaban J connectivity index is 1.67. The average molecular weight is 401 g/mol. The molecule has 150 valence electrons. The van der Waals surface area contributed by atoms with Crippen LogP contribution >= 0.6 is 11.8 Å². The number of rotatable bonds is 5. The van der Waals surface area contributed by atoms with Gasteiger partial charge >= 0.3 is 0 Å². The summed E-state index contributed by atoms with van der Waals surface area (Å²) < 4.78 is 7.59. The molecule has 1 aromatic carbocycles. The number of nitrogens with one attached hydrogen (secondary N) is 1. The maximum absolute atomic E-state index is 12.5. The maximum Gasteiger partial charge on any atom is 0.233 e. The van der Waals surface area contributed by atoms with Gasteiger partial charge in [-0.1, -0.05) is 37.4 Å². The van der Waals surface area contributed by atoms with Crippen LogP contribution in [0.2, 0.25) is 0 Å². The molecule has 1 saturated carbocycles.